The minimum absolute atomic E-state index is 0.00948. The lowest BCUT2D eigenvalue weighted by Gasteiger charge is -2.42. The lowest BCUT2D eigenvalue weighted by atomic mass is 9.88. The number of piperidine rings is 1. The minimum atomic E-state index is -0.770. The molecule has 0 aliphatic carbocycles. The Hall–Kier alpha value is -1.26. The van der Waals surface area contributed by atoms with Gasteiger partial charge in [0.15, 0.2) is 0 Å². The number of carboxylic acids is 1. The standard InChI is InChI=1S/C16H20ClNO3/c1-16(15(19)20)6-2-3-7-18(16)10-13-9-11-8-12(17)4-5-14(11)21-13/h4-5,8,13H,2-3,6-7,9-10H2,1H3,(H,19,20). The molecule has 3 rings (SSSR count). The van der Waals surface area contributed by atoms with Crippen LogP contribution in [-0.4, -0.2) is 40.7 Å². The van der Waals surface area contributed by atoms with Gasteiger partial charge in [0.1, 0.15) is 17.4 Å². The van der Waals surface area contributed by atoms with Gasteiger partial charge in [0.25, 0.3) is 0 Å². The summed E-state index contributed by atoms with van der Waals surface area (Å²) in [4.78, 5) is 13.7. The molecule has 0 spiro atoms. The second-order valence-electron chi connectivity index (χ2n) is 6.18. The van der Waals surface area contributed by atoms with Crippen LogP contribution in [-0.2, 0) is 11.2 Å². The number of hydrogen-bond acceptors (Lipinski definition) is 3. The van der Waals surface area contributed by atoms with E-state index in [1.54, 1.807) is 0 Å². The summed E-state index contributed by atoms with van der Waals surface area (Å²) in [7, 11) is 0. The number of rotatable bonds is 3. The molecule has 2 atom stereocenters. The Labute approximate surface area is 129 Å². The predicted octanol–water partition coefficient (Wildman–Crippen LogP) is 2.97. The Morgan fingerprint density at radius 1 is 1.52 bits per heavy atom. The van der Waals surface area contributed by atoms with E-state index in [-0.39, 0.29) is 6.10 Å². The Kier molecular flexibility index (Phi) is 3.84. The Morgan fingerprint density at radius 3 is 3.10 bits per heavy atom. The van der Waals surface area contributed by atoms with Crippen molar-refractivity contribution in [3.63, 3.8) is 0 Å². The van der Waals surface area contributed by atoms with E-state index < -0.39 is 11.5 Å². The highest BCUT2D eigenvalue weighted by Gasteiger charge is 2.42. The fourth-order valence-electron chi connectivity index (χ4n) is 3.35. The summed E-state index contributed by atoms with van der Waals surface area (Å²) in [6, 6.07) is 5.65. The molecule has 0 radical (unpaired) electrons. The van der Waals surface area contributed by atoms with Gasteiger partial charge in [-0.3, -0.25) is 9.69 Å². The molecular weight excluding hydrogens is 290 g/mol. The molecule has 1 aromatic rings. The Morgan fingerprint density at radius 2 is 2.33 bits per heavy atom. The summed E-state index contributed by atoms with van der Waals surface area (Å²) in [6.07, 6.45) is 3.53. The van der Waals surface area contributed by atoms with Gasteiger partial charge in [-0.15, -0.1) is 0 Å². The van der Waals surface area contributed by atoms with Crippen molar-refractivity contribution in [1.29, 1.82) is 0 Å². The van der Waals surface area contributed by atoms with Crippen LogP contribution in [0.15, 0.2) is 18.2 Å². The molecule has 1 N–H and O–H groups in total. The Bertz CT molecular complexity index is 562. The Balaban J connectivity index is 1.71. The van der Waals surface area contributed by atoms with Crippen LogP contribution in [0, 0.1) is 0 Å². The average molecular weight is 310 g/mol. The highest BCUT2D eigenvalue weighted by Crippen LogP contribution is 2.34. The number of likely N-dealkylation sites (tertiary alicyclic amines) is 1. The van der Waals surface area contributed by atoms with Crippen molar-refractivity contribution >= 4 is 17.6 Å². The fraction of sp³-hybridized carbons (Fsp3) is 0.562. The maximum absolute atomic E-state index is 11.6. The highest BCUT2D eigenvalue weighted by molar-refractivity contribution is 6.30. The summed E-state index contributed by atoms with van der Waals surface area (Å²) in [5.41, 5.74) is 0.343. The van der Waals surface area contributed by atoms with Crippen LogP contribution in [0.3, 0.4) is 0 Å². The minimum Gasteiger partial charge on any atom is -0.488 e. The molecule has 1 saturated heterocycles. The van der Waals surface area contributed by atoms with Crippen molar-refractivity contribution < 1.29 is 14.6 Å². The molecule has 21 heavy (non-hydrogen) atoms. The van der Waals surface area contributed by atoms with E-state index in [4.69, 9.17) is 16.3 Å². The van der Waals surface area contributed by atoms with Gasteiger partial charge in [-0.2, -0.15) is 0 Å². The van der Waals surface area contributed by atoms with E-state index in [9.17, 15) is 9.90 Å². The summed E-state index contributed by atoms with van der Waals surface area (Å²) < 4.78 is 5.94. The van der Waals surface area contributed by atoms with Crippen LogP contribution in [0.4, 0.5) is 0 Å². The van der Waals surface area contributed by atoms with E-state index in [1.807, 2.05) is 25.1 Å². The molecule has 2 heterocycles. The van der Waals surface area contributed by atoms with Gasteiger partial charge in [-0.1, -0.05) is 11.6 Å². The topological polar surface area (TPSA) is 49.8 Å². The number of fused-ring (bicyclic) bond motifs is 1. The summed E-state index contributed by atoms with van der Waals surface area (Å²) >= 11 is 6.01. The van der Waals surface area contributed by atoms with Crippen LogP contribution in [0.2, 0.25) is 5.02 Å². The summed E-state index contributed by atoms with van der Waals surface area (Å²) in [5, 5.41) is 10.3. The molecular formula is C16H20ClNO3. The number of ether oxygens (including phenoxy) is 1. The molecule has 2 aliphatic heterocycles. The number of nitrogens with zero attached hydrogens (tertiary/aromatic N) is 1. The molecule has 1 fully saturated rings. The molecule has 1 aromatic carbocycles. The first kappa shape index (κ1) is 14.7. The zero-order valence-corrected chi connectivity index (χ0v) is 12.9. The van der Waals surface area contributed by atoms with Crippen LogP contribution < -0.4 is 4.74 Å². The van der Waals surface area contributed by atoms with Crippen molar-refractivity contribution in [1.82, 2.24) is 4.90 Å². The zero-order chi connectivity index (χ0) is 15.0. The first-order valence-corrected chi connectivity index (χ1v) is 7.80. The molecule has 114 valence electrons. The first-order valence-electron chi connectivity index (χ1n) is 7.42. The van der Waals surface area contributed by atoms with E-state index in [1.165, 1.54) is 0 Å². The van der Waals surface area contributed by atoms with Gasteiger partial charge in [-0.05, 0) is 56.5 Å². The van der Waals surface area contributed by atoms with Gasteiger partial charge < -0.3 is 9.84 Å². The predicted molar refractivity (Wildman–Crippen MR) is 81.0 cm³/mol. The number of carbonyl (C=O) groups is 1. The van der Waals surface area contributed by atoms with E-state index in [0.717, 1.165) is 37.1 Å². The third kappa shape index (κ3) is 2.74. The van der Waals surface area contributed by atoms with Crippen molar-refractivity contribution in [2.45, 2.75) is 44.2 Å². The third-order valence-electron chi connectivity index (χ3n) is 4.69. The lowest BCUT2D eigenvalue weighted by molar-refractivity contribution is -0.153. The van der Waals surface area contributed by atoms with Crippen LogP contribution >= 0.6 is 11.6 Å². The van der Waals surface area contributed by atoms with Gasteiger partial charge in [0.05, 0.1) is 0 Å². The van der Waals surface area contributed by atoms with Gasteiger partial charge in [0, 0.05) is 18.0 Å². The van der Waals surface area contributed by atoms with E-state index in [2.05, 4.69) is 4.90 Å². The SMILES string of the molecule is CC1(C(=O)O)CCCCN1CC1Cc2cc(Cl)ccc2O1. The van der Waals surface area contributed by atoms with Gasteiger partial charge in [0.2, 0.25) is 0 Å². The highest BCUT2D eigenvalue weighted by atomic mass is 35.5. The van der Waals surface area contributed by atoms with Gasteiger partial charge >= 0.3 is 5.97 Å². The molecule has 0 aromatic heterocycles. The van der Waals surface area contributed by atoms with E-state index >= 15 is 0 Å². The summed E-state index contributed by atoms with van der Waals surface area (Å²) in [5.74, 6) is 0.138. The molecule has 4 nitrogen and oxygen atoms in total. The van der Waals surface area contributed by atoms with Crippen molar-refractivity contribution in [2.75, 3.05) is 13.1 Å². The van der Waals surface area contributed by atoms with Crippen molar-refractivity contribution in [2.24, 2.45) is 0 Å². The largest absolute Gasteiger partial charge is 0.488 e. The monoisotopic (exact) mass is 309 g/mol. The second kappa shape index (κ2) is 5.50. The van der Waals surface area contributed by atoms with Crippen molar-refractivity contribution in [3.8, 4) is 5.75 Å². The van der Waals surface area contributed by atoms with Gasteiger partial charge in [-0.25, -0.2) is 0 Å². The first-order chi connectivity index (χ1) is 9.99. The van der Waals surface area contributed by atoms with Crippen LogP contribution in [0.25, 0.3) is 0 Å². The summed E-state index contributed by atoms with van der Waals surface area (Å²) in [6.45, 7) is 3.29. The smallest absolute Gasteiger partial charge is 0.323 e. The molecule has 0 saturated carbocycles. The van der Waals surface area contributed by atoms with Crippen LogP contribution in [0.5, 0.6) is 5.75 Å². The molecule has 2 unspecified atom stereocenters. The third-order valence-corrected chi connectivity index (χ3v) is 4.92. The second-order valence-corrected chi connectivity index (χ2v) is 6.61. The van der Waals surface area contributed by atoms with Crippen molar-refractivity contribution in [3.05, 3.63) is 28.8 Å². The van der Waals surface area contributed by atoms with E-state index in [0.29, 0.717) is 18.0 Å². The number of hydrogen-bond donors (Lipinski definition) is 1. The zero-order valence-electron chi connectivity index (χ0n) is 12.1. The lowest BCUT2D eigenvalue weighted by Crippen LogP contribution is -2.57. The molecule has 2 aliphatic rings. The quantitative estimate of drug-likeness (QED) is 0.932. The normalized spacial score (nSPS) is 29.0. The maximum Gasteiger partial charge on any atom is 0.323 e. The number of benzene rings is 1. The van der Waals surface area contributed by atoms with Crippen LogP contribution in [0.1, 0.15) is 31.7 Å². The molecule has 5 heteroatoms. The molecule has 0 amide bonds. The average Bonchev–Trinajstić information content (AvgIpc) is 2.82. The maximum atomic E-state index is 11.6. The number of carboxylic acid groups (broad SMARTS) is 1. The number of halogens is 1. The molecule has 0 bridgehead atoms. The fourth-order valence-corrected chi connectivity index (χ4v) is 3.54. The number of aliphatic carboxylic acids is 1.